The first-order chi connectivity index (χ1) is 6.59. The van der Waals surface area contributed by atoms with Crippen LogP contribution in [-0.4, -0.2) is 10.2 Å². The highest BCUT2D eigenvalue weighted by atomic mass is 79.9. The second-order valence-electron chi connectivity index (χ2n) is 2.57. The van der Waals surface area contributed by atoms with Gasteiger partial charge in [-0.25, -0.2) is 0 Å². The zero-order chi connectivity index (χ0) is 10.3. The molecule has 0 fully saturated rings. The van der Waals surface area contributed by atoms with Crippen molar-refractivity contribution in [2.24, 2.45) is 0 Å². The number of thiophene rings is 1. The first kappa shape index (κ1) is 10.5. The van der Waals surface area contributed by atoms with E-state index in [1.54, 1.807) is 11.3 Å². The number of hydrogen-bond donors (Lipinski definition) is 1. The molecule has 0 saturated carbocycles. The summed E-state index contributed by atoms with van der Waals surface area (Å²) in [6.45, 7) is 2.05. The Balaban J connectivity index is 2.61. The molecule has 7 heteroatoms. The standard InChI is InChI=1S/C7H5Br2N3S2/c1-2-3(4(8)5(9)13-2)6-11-12-7(10)14-6/h1H3,(H2,10,12). The first-order valence-electron chi connectivity index (χ1n) is 3.63. The van der Waals surface area contributed by atoms with E-state index in [4.69, 9.17) is 5.73 Å². The number of anilines is 1. The highest BCUT2D eigenvalue weighted by molar-refractivity contribution is 9.13. The summed E-state index contributed by atoms with van der Waals surface area (Å²) in [6.07, 6.45) is 0. The molecule has 2 aromatic rings. The van der Waals surface area contributed by atoms with Gasteiger partial charge in [0.25, 0.3) is 0 Å². The third-order valence-electron chi connectivity index (χ3n) is 1.64. The lowest BCUT2D eigenvalue weighted by atomic mass is 10.3. The number of hydrogen-bond acceptors (Lipinski definition) is 5. The molecule has 0 aliphatic carbocycles. The predicted molar refractivity (Wildman–Crippen MR) is 67.8 cm³/mol. The minimum atomic E-state index is 0.494. The molecule has 0 aromatic carbocycles. The van der Waals surface area contributed by atoms with Gasteiger partial charge < -0.3 is 5.73 Å². The molecule has 2 heterocycles. The Morgan fingerprint density at radius 3 is 2.36 bits per heavy atom. The lowest BCUT2D eigenvalue weighted by Crippen LogP contribution is -1.80. The molecule has 2 rings (SSSR count). The third kappa shape index (κ3) is 1.73. The minimum Gasteiger partial charge on any atom is -0.374 e. The Morgan fingerprint density at radius 1 is 1.21 bits per heavy atom. The molecule has 74 valence electrons. The van der Waals surface area contributed by atoms with Crippen molar-refractivity contribution in [1.29, 1.82) is 0 Å². The van der Waals surface area contributed by atoms with Gasteiger partial charge in [0.05, 0.1) is 8.26 Å². The van der Waals surface area contributed by atoms with E-state index < -0.39 is 0 Å². The maximum atomic E-state index is 5.54. The van der Waals surface area contributed by atoms with Crippen LogP contribution in [0.25, 0.3) is 10.6 Å². The molecule has 3 nitrogen and oxygen atoms in total. The van der Waals surface area contributed by atoms with Crippen LogP contribution in [0, 0.1) is 6.92 Å². The lowest BCUT2D eigenvalue weighted by molar-refractivity contribution is 1.10. The van der Waals surface area contributed by atoms with Gasteiger partial charge in [0.1, 0.15) is 0 Å². The summed E-state index contributed by atoms with van der Waals surface area (Å²) in [4.78, 5) is 1.19. The van der Waals surface area contributed by atoms with E-state index in [2.05, 4.69) is 42.1 Å². The van der Waals surface area contributed by atoms with Gasteiger partial charge in [0.2, 0.25) is 5.13 Å². The highest BCUT2D eigenvalue weighted by Crippen LogP contribution is 2.43. The number of halogens is 2. The lowest BCUT2D eigenvalue weighted by Gasteiger charge is -1.93. The number of aromatic nitrogens is 2. The van der Waals surface area contributed by atoms with Crippen molar-refractivity contribution in [1.82, 2.24) is 10.2 Å². The second-order valence-corrected chi connectivity index (χ2v) is 6.91. The Kier molecular flexibility index (Phi) is 2.92. The zero-order valence-corrected chi connectivity index (χ0v) is 11.8. The fourth-order valence-corrected chi connectivity index (χ4v) is 4.52. The fourth-order valence-electron chi connectivity index (χ4n) is 1.06. The van der Waals surface area contributed by atoms with Crippen LogP contribution in [0.5, 0.6) is 0 Å². The third-order valence-corrected chi connectivity index (χ3v) is 5.77. The molecule has 0 spiro atoms. The summed E-state index contributed by atoms with van der Waals surface area (Å²) in [5.41, 5.74) is 6.62. The predicted octanol–water partition coefficient (Wildman–Crippen LogP) is 3.68. The van der Waals surface area contributed by atoms with Crippen molar-refractivity contribution in [2.75, 3.05) is 5.73 Å². The summed E-state index contributed by atoms with van der Waals surface area (Å²) < 4.78 is 2.09. The summed E-state index contributed by atoms with van der Waals surface area (Å²) in [6, 6.07) is 0. The number of rotatable bonds is 1. The van der Waals surface area contributed by atoms with Crippen molar-refractivity contribution in [3.63, 3.8) is 0 Å². The van der Waals surface area contributed by atoms with E-state index in [0.717, 1.165) is 18.8 Å². The average Bonchev–Trinajstić information content (AvgIpc) is 2.60. The van der Waals surface area contributed by atoms with E-state index in [0.29, 0.717) is 5.13 Å². The molecule has 2 aromatic heterocycles. The van der Waals surface area contributed by atoms with Crippen molar-refractivity contribution in [3.05, 3.63) is 13.1 Å². The number of nitrogens with two attached hydrogens (primary N) is 1. The number of aryl methyl sites for hydroxylation is 1. The minimum absolute atomic E-state index is 0.494. The zero-order valence-electron chi connectivity index (χ0n) is 7.04. The Hall–Kier alpha value is 0.0200. The monoisotopic (exact) mass is 353 g/mol. The van der Waals surface area contributed by atoms with Gasteiger partial charge in [-0.1, -0.05) is 11.3 Å². The average molecular weight is 355 g/mol. The maximum Gasteiger partial charge on any atom is 0.203 e. The van der Waals surface area contributed by atoms with Crippen LogP contribution in [0.3, 0.4) is 0 Å². The van der Waals surface area contributed by atoms with Gasteiger partial charge in [-0.2, -0.15) is 0 Å². The largest absolute Gasteiger partial charge is 0.374 e. The molecular formula is C7H5Br2N3S2. The Labute approximate surface area is 106 Å². The molecular weight excluding hydrogens is 350 g/mol. The fraction of sp³-hybridized carbons (Fsp3) is 0.143. The van der Waals surface area contributed by atoms with Gasteiger partial charge in [-0.15, -0.1) is 21.5 Å². The van der Waals surface area contributed by atoms with Crippen LogP contribution in [0.4, 0.5) is 5.13 Å². The quantitative estimate of drug-likeness (QED) is 0.849. The van der Waals surface area contributed by atoms with Gasteiger partial charge in [0.15, 0.2) is 5.01 Å². The molecule has 0 unspecified atom stereocenters. The SMILES string of the molecule is Cc1sc(Br)c(Br)c1-c1nnc(N)s1. The van der Waals surface area contributed by atoms with Crippen LogP contribution in [0.2, 0.25) is 0 Å². The topological polar surface area (TPSA) is 51.8 Å². The summed E-state index contributed by atoms with van der Waals surface area (Å²) in [5, 5.41) is 9.17. The molecule has 0 amide bonds. The van der Waals surface area contributed by atoms with E-state index in [1.807, 2.05) is 6.92 Å². The molecule has 2 N–H and O–H groups in total. The van der Waals surface area contributed by atoms with Crippen LogP contribution in [0.1, 0.15) is 4.88 Å². The number of nitrogen functional groups attached to an aromatic ring is 1. The smallest absolute Gasteiger partial charge is 0.203 e. The van der Waals surface area contributed by atoms with E-state index in [1.165, 1.54) is 16.2 Å². The molecule has 0 saturated heterocycles. The van der Waals surface area contributed by atoms with Crippen LogP contribution < -0.4 is 5.73 Å². The molecule has 14 heavy (non-hydrogen) atoms. The van der Waals surface area contributed by atoms with E-state index >= 15 is 0 Å². The second kappa shape index (κ2) is 3.88. The van der Waals surface area contributed by atoms with Crippen molar-refractivity contribution >= 4 is 59.7 Å². The van der Waals surface area contributed by atoms with Gasteiger partial charge in [-0.3, -0.25) is 0 Å². The summed E-state index contributed by atoms with van der Waals surface area (Å²) >= 11 is 10.0. The molecule has 0 aliphatic heterocycles. The Bertz CT molecular complexity index is 477. The van der Waals surface area contributed by atoms with Gasteiger partial charge in [0, 0.05) is 10.4 Å². The molecule has 0 atom stereocenters. The number of nitrogens with zero attached hydrogens (tertiary/aromatic N) is 2. The van der Waals surface area contributed by atoms with Crippen molar-refractivity contribution < 1.29 is 0 Å². The first-order valence-corrected chi connectivity index (χ1v) is 6.85. The highest BCUT2D eigenvalue weighted by Gasteiger charge is 2.16. The van der Waals surface area contributed by atoms with Gasteiger partial charge >= 0.3 is 0 Å². The maximum absolute atomic E-state index is 5.54. The van der Waals surface area contributed by atoms with Crippen molar-refractivity contribution in [2.45, 2.75) is 6.92 Å². The van der Waals surface area contributed by atoms with Crippen LogP contribution >= 0.6 is 54.5 Å². The van der Waals surface area contributed by atoms with E-state index in [-0.39, 0.29) is 0 Å². The molecule has 0 bridgehead atoms. The van der Waals surface area contributed by atoms with Crippen LogP contribution in [0.15, 0.2) is 8.26 Å². The summed E-state index contributed by atoms with van der Waals surface area (Å²) in [5.74, 6) is 0. The van der Waals surface area contributed by atoms with Crippen molar-refractivity contribution in [3.8, 4) is 10.6 Å². The van der Waals surface area contributed by atoms with E-state index in [9.17, 15) is 0 Å². The normalized spacial score (nSPS) is 10.8. The molecule has 0 radical (unpaired) electrons. The van der Waals surface area contributed by atoms with Gasteiger partial charge in [-0.05, 0) is 38.8 Å². The molecule has 0 aliphatic rings. The summed E-state index contributed by atoms with van der Waals surface area (Å²) in [7, 11) is 0. The van der Waals surface area contributed by atoms with Crippen LogP contribution in [-0.2, 0) is 0 Å². The Morgan fingerprint density at radius 2 is 1.93 bits per heavy atom.